The van der Waals surface area contributed by atoms with Crippen LogP contribution in [0.2, 0.25) is 0 Å². The van der Waals surface area contributed by atoms with Crippen LogP contribution in [0.25, 0.3) is 16.6 Å². The van der Waals surface area contributed by atoms with Gasteiger partial charge in [-0.2, -0.15) is 14.8 Å². The topological polar surface area (TPSA) is 36.3 Å². The Labute approximate surface area is 111 Å². The smallest absolute Gasteiger partial charge is 0.273 e. The number of nitrogens with zero attached hydrogens (tertiary/aromatic N) is 3. The van der Waals surface area contributed by atoms with E-state index < -0.39 is 0 Å². The summed E-state index contributed by atoms with van der Waals surface area (Å²) >= 11 is 0. The van der Waals surface area contributed by atoms with Crippen LogP contribution in [0.5, 0.6) is 0 Å². The Morgan fingerprint density at radius 2 is 2.21 bits per heavy atom. The van der Waals surface area contributed by atoms with Gasteiger partial charge in [0, 0.05) is 16.7 Å². The molecule has 4 nitrogen and oxygen atoms in total. The Hall–Kier alpha value is -2.02. The molecule has 3 aliphatic rings. The van der Waals surface area contributed by atoms with E-state index >= 15 is 0 Å². The zero-order valence-electron chi connectivity index (χ0n) is 10.9. The summed E-state index contributed by atoms with van der Waals surface area (Å²) in [6.07, 6.45) is 15.6. The Balaban J connectivity index is 1.93. The quantitative estimate of drug-likeness (QED) is 0.770. The molecule has 1 aliphatic carbocycles. The van der Waals surface area contributed by atoms with Crippen molar-refractivity contribution in [3.63, 3.8) is 0 Å². The number of hydrogen-bond donors (Lipinski definition) is 1. The molecule has 0 atom stereocenters. The van der Waals surface area contributed by atoms with Crippen molar-refractivity contribution in [2.24, 2.45) is 0 Å². The first kappa shape index (κ1) is 10.9. The van der Waals surface area contributed by atoms with E-state index in [1.54, 1.807) is 0 Å². The zero-order valence-corrected chi connectivity index (χ0v) is 10.9. The monoisotopic (exact) mass is 253 g/mol. The summed E-state index contributed by atoms with van der Waals surface area (Å²) in [7, 11) is 0. The largest absolute Gasteiger partial charge is 0.382 e. The normalized spacial score (nSPS) is 21.3. The fraction of sp³-hybridized carbons (Fsp3) is 0.467. The maximum Gasteiger partial charge on any atom is 0.382 e. The maximum absolute atomic E-state index is 4.60. The third-order valence-electron chi connectivity index (χ3n) is 4.31. The molecule has 1 fully saturated rings. The van der Waals surface area contributed by atoms with E-state index in [0.717, 1.165) is 11.9 Å². The van der Waals surface area contributed by atoms with E-state index in [1.807, 2.05) is 17.3 Å². The first-order chi connectivity index (χ1) is 9.42. The minimum Gasteiger partial charge on any atom is -0.273 e. The van der Waals surface area contributed by atoms with Crippen molar-refractivity contribution in [1.82, 2.24) is 15.1 Å². The molecule has 96 valence electrons. The van der Waals surface area contributed by atoms with Gasteiger partial charge in [-0.05, 0) is 18.9 Å². The van der Waals surface area contributed by atoms with Gasteiger partial charge >= 0.3 is 6.19 Å². The third-order valence-corrected chi connectivity index (χ3v) is 4.31. The van der Waals surface area contributed by atoms with Gasteiger partial charge in [0.1, 0.15) is 18.1 Å². The molecule has 4 heteroatoms. The molecular formula is C15H17N4+. The minimum atomic E-state index is 0.615. The molecule has 1 saturated carbocycles. The second-order valence-electron chi connectivity index (χ2n) is 5.56. The van der Waals surface area contributed by atoms with E-state index in [1.165, 1.54) is 48.6 Å². The fourth-order valence-corrected chi connectivity index (χ4v) is 3.34. The van der Waals surface area contributed by atoms with Gasteiger partial charge < -0.3 is 0 Å². The molecule has 0 saturated heterocycles. The van der Waals surface area contributed by atoms with Crippen LogP contribution >= 0.6 is 0 Å². The van der Waals surface area contributed by atoms with Crippen molar-refractivity contribution < 1.29 is 0 Å². The highest BCUT2D eigenvalue weighted by Crippen LogP contribution is 2.30. The molecule has 4 rings (SSSR count). The fourth-order valence-electron chi connectivity index (χ4n) is 3.34. The highest BCUT2D eigenvalue weighted by atomic mass is 15.1. The Morgan fingerprint density at radius 3 is 3.11 bits per heavy atom. The summed E-state index contributed by atoms with van der Waals surface area (Å²) in [6.45, 7) is 0.865. The number of fused-ring (bicyclic) bond motifs is 3. The summed E-state index contributed by atoms with van der Waals surface area (Å²) in [4.78, 5) is 6.22. The van der Waals surface area contributed by atoms with Crippen LogP contribution in [-0.4, -0.2) is 21.6 Å². The standard InChI is InChI=1S/C15H17N4/c1-2-4-11(5-3-1)15-14-12-6-7-19(9-12)10-16-8-13(14)17-18-15/h6-8,11,17H,1-5,9H2/q+1. The highest BCUT2D eigenvalue weighted by molar-refractivity contribution is 5.64. The molecule has 0 unspecified atom stereocenters. The van der Waals surface area contributed by atoms with Gasteiger partial charge in [-0.25, -0.2) is 0 Å². The number of aromatic nitrogens is 2. The summed E-state index contributed by atoms with van der Waals surface area (Å²) in [6, 6.07) is 0. The van der Waals surface area contributed by atoms with Crippen LogP contribution in [-0.2, 0) is 0 Å². The molecule has 19 heavy (non-hydrogen) atoms. The van der Waals surface area contributed by atoms with Crippen molar-refractivity contribution in [1.29, 1.82) is 0 Å². The van der Waals surface area contributed by atoms with Gasteiger partial charge in [0.15, 0.2) is 0 Å². The second-order valence-corrected chi connectivity index (χ2v) is 5.56. The third kappa shape index (κ3) is 1.77. The van der Waals surface area contributed by atoms with Gasteiger partial charge in [-0.3, -0.25) is 5.10 Å². The van der Waals surface area contributed by atoms with E-state index in [0.29, 0.717) is 5.92 Å². The number of nitrogens with one attached hydrogen (secondary N) is 1. The van der Waals surface area contributed by atoms with Crippen molar-refractivity contribution in [2.75, 3.05) is 6.54 Å². The van der Waals surface area contributed by atoms with Crippen molar-refractivity contribution in [3.8, 4) is 6.19 Å². The Morgan fingerprint density at radius 1 is 1.32 bits per heavy atom. The van der Waals surface area contributed by atoms with Crippen molar-refractivity contribution in [3.05, 3.63) is 33.4 Å². The lowest BCUT2D eigenvalue weighted by Crippen LogP contribution is -2.31. The van der Waals surface area contributed by atoms with Gasteiger partial charge in [0.05, 0.1) is 5.69 Å². The highest BCUT2D eigenvalue weighted by Gasteiger charge is 2.24. The SMILES string of the molecule is C1#[N+]C=c2[nH]nc(C3CCCCC3)c2=C2C=CN1C2. The molecule has 0 radical (unpaired) electrons. The van der Waals surface area contributed by atoms with Gasteiger partial charge in [-0.15, -0.1) is 0 Å². The van der Waals surface area contributed by atoms with Crippen LogP contribution in [0.4, 0.5) is 0 Å². The van der Waals surface area contributed by atoms with E-state index in [-0.39, 0.29) is 0 Å². The lowest BCUT2D eigenvalue weighted by molar-refractivity contribution is 0.435. The molecule has 2 bridgehead atoms. The molecule has 2 aliphatic heterocycles. The predicted octanol–water partition coefficient (Wildman–Crippen LogP) is 1.48. The van der Waals surface area contributed by atoms with Crippen LogP contribution in [0.3, 0.4) is 0 Å². The van der Waals surface area contributed by atoms with Crippen molar-refractivity contribution >= 4 is 11.8 Å². The van der Waals surface area contributed by atoms with E-state index in [9.17, 15) is 0 Å². The first-order valence-corrected chi connectivity index (χ1v) is 7.10. The van der Waals surface area contributed by atoms with Gasteiger partial charge in [0.25, 0.3) is 0 Å². The number of rotatable bonds is 1. The average Bonchev–Trinajstić information content (AvgIpc) is 3.04. The predicted molar refractivity (Wildman–Crippen MR) is 74.6 cm³/mol. The summed E-state index contributed by atoms with van der Waals surface area (Å²) in [5, 5.41) is 10.1. The average molecular weight is 253 g/mol. The summed E-state index contributed by atoms with van der Waals surface area (Å²) in [5.74, 6) is 0.615. The second kappa shape index (κ2) is 4.27. The molecule has 3 heterocycles. The molecule has 0 amide bonds. The Bertz CT molecular complexity index is 708. The lowest BCUT2D eigenvalue weighted by atomic mass is 9.86. The van der Waals surface area contributed by atoms with Gasteiger partial charge in [0.2, 0.25) is 6.20 Å². The lowest BCUT2D eigenvalue weighted by Gasteiger charge is -2.19. The molecule has 1 N–H and O–H groups in total. The first-order valence-electron chi connectivity index (χ1n) is 7.10. The molecule has 1 aromatic rings. The number of H-pyrrole nitrogens is 1. The molecule has 1 aromatic heterocycles. The van der Waals surface area contributed by atoms with E-state index in [4.69, 9.17) is 0 Å². The van der Waals surface area contributed by atoms with Crippen LogP contribution in [0, 0.1) is 6.19 Å². The summed E-state index contributed by atoms with van der Waals surface area (Å²) < 4.78 is 0. The Kier molecular flexibility index (Phi) is 2.44. The molecular weight excluding hydrogens is 236 g/mol. The molecule has 0 aromatic carbocycles. The summed E-state index contributed by atoms with van der Waals surface area (Å²) in [5.41, 5.74) is 2.59. The minimum absolute atomic E-state index is 0.615. The zero-order chi connectivity index (χ0) is 12.7. The molecule has 0 spiro atoms. The van der Waals surface area contributed by atoms with Gasteiger partial charge in [-0.1, -0.05) is 19.3 Å². The van der Waals surface area contributed by atoms with Crippen LogP contribution in [0.1, 0.15) is 43.7 Å². The van der Waals surface area contributed by atoms with E-state index in [2.05, 4.69) is 27.3 Å². The number of aromatic amines is 1. The van der Waals surface area contributed by atoms with Crippen LogP contribution < -0.4 is 10.6 Å². The van der Waals surface area contributed by atoms with Crippen LogP contribution in [0.15, 0.2) is 12.3 Å². The maximum atomic E-state index is 4.60. The number of hydrogen-bond acceptors (Lipinski definition) is 2. The van der Waals surface area contributed by atoms with Crippen molar-refractivity contribution in [2.45, 2.75) is 38.0 Å².